The Labute approximate surface area is 185 Å². The maximum absolute atomic E-state index is 14.0. The first-order valence-electron chi connectivity index (χ1n) is 10.7. The molecule has 3 heterocycles. The van der Waals surface area contributed by atoms with E-state index < -0.39 is 11.9 Å². The Morgan fingerprint density at radius 2 is 1.68 bits per heavy atom. The number of thiophene rings is 1. The standard InChI is InChI=1S/C23H26FN3O3S/c24-18-7-2-1-6-17(18)22(29)27-13-9-16(10-14-27)20(23(30)26-11-3-4-12-26)25-21(28)19-8-5-15-31-19/h1-2,5-8,15-16,20H,3-4,9-14H2,(H,25,28)/t20-/m0/s1. The number of nitrogens with zero attached hydrogens (tertiary/aromatic N) is 2. The van der Waals surface area contributed by atoms with Gasteiger partial charge in [0, 0.05) is 26.2 Å². The SMILES string of the molecule is O=C(N[C@H](C(=O)N1CCCC1)C1CCN(C(=O)c2ccccc2F)CC1)c1cccs1. The first-order valence-corrected chi connectivity index (χ1v) is 11.6. The van der Waals surface area contributed by atoms with Crippen molar-refractivity contribution in [1.29, 1.82) is 0 Å². The zero-order valence-corrected chi connectivity index (χ0v) is 18.1. The van der Waals surface area contributed by atoms with E-state index in [1.54, 1.807) is 23.1 Å². The van der Waals surface area contributed by atoms with Gasteiger partial charge in [-0.2, -0.15) is 0 Å². The summed E-state index contributed by atoms with van der Waals surface area (Å²) in [4.78, 5) is 42.7. The zero-order valence-electron chi connectivity index (χ0n) is 17.3. The summed E-state index contributed by atoms with van der Waals surface area (Å²) >= 11 is 1.34. The molecule has 164 valence electrons. The van der Waals surface area contributed by atoms with Gasteiger partial charge in [0.15, 0.2) is 0 Å². The van der Waals surface area contributed by atoms with E-state index in [4.69, 9.17) is 0 Å². The molecule has 1 atom stereocenters. The molecule has 2 aliphatic heterocycles. The Morgan fingerprint density at radius 1 is 0.968 bits per heavy atom. The summed E-state index contributed by atoms with van der Waals surface area (Å²) in [6, 6.07) is 8.92. The minimum absolute atomic E-state index is 0.0405. The highest BCUT2D eigenvalue weighted by Gasteiger charge is 2.37. The van der Waals surface area contributed by atoms with Gasteiger partial charge in [0.1, 0.15) is 11.9 Å². The van der Waals surface area contributed by atoms with Gasteiger partial charge in [0.05, 0.1) is 10.4 Å². The maximum Gasteiger partial charge on any atom is 0.262 e. The number of benzene rings is 1. The third kappa shape index (κ3) is 4.79. The molecule has 1 N–H and O–H groups in total. The molecule has 4 rings (SSSR count). The summed E-state index contributed by atoms with van der Waals surface area (Å²) in [6.07, 6.45) is 3.12. The number of carbonyl (C=O) groups excluding carboxylic acids is 3. The number of hydrogen-bond donors (Lipinski definition) is 1. The van der Waals surface area contributed by atoms with Crippen LogP contribution in [0.4, 0.5) is 4.39 Å². The quantitative estimate of drug-likeness (QED) is 0.772. The van der Waals surface area contributed by atoms with E-state index in [2.05, 4.69) is 5.32 Å². The van der Waals surface area contributed by atoms with E-state index in [1.165, 1.54) is 23.5 Å². The predicted octanol–water partition coefficient (Wildman–Crippen LogP) is 3.16. The average molecular weight is 444 g/mol. The Balaban J connectivity index is 1.45. The molecule has 3 amide bonds. The molecule has 8 heteroatoms. The van der Waals surface area contributed by atoms with Crippen molar-refractivity contribution in [3.63, 3.8) is 0 Å². The molecule has 1 aromatic carbocycles. The minimum Gasteiger partial charge on any atom is -0.341 e. The van der Waals surface area contributed by atoms with Gasteiger partial charge >= 0.3 is 0 Å². The fourth-order valence-electron chi connectivity index (χ4n) is 4.38. The van der Waals surface area contributed by atoms with E-state index >= 15 is 0 Å². The fourth-order valence-corrected chi connectivity index (χ4v) is 5.00. The van der Waals surface area contributed by atoms with Crippen molar-refractivity contribution in [2.24, 2.45) is 5.92 Å². The van der Waals surface area contributed by atoms with Gasteiger partial charge in [0.25, 0.3) is 11.8 Å². The molecule has 0 bridgehead atoms. The Hall–Kier alpha value is -2.74. The van der Waals surface area contributed by atoms with Crippen LogP contribution in [-0.4, -0.2) is 59.7 Å². The lowest BCUT2D eigenvalue weighted by Crippen LogP contribution is -2.54. The van der Waals surface area contributed by atoms with E-state index in [1.807, 2.05) is 16.3 Å². The van der Waals surface area contributed by atoms with Crippen molar-refractivity contribution in [2.75, 3.05) is 26.2 Å². The van der Waals surface area contributed by atoms with Crippen LogP contribution in [0, 0.1) is 11.7 Å². The second-order valence-corrected chi connectivity index (χ2v) is 9.02. The summed E-state index contributed by atoms with van der Waals surface area (Å²) in [5.74, 6) is -1.21. The highest BCUT2D eigenvalue weighted by atomic mass is 32.1. The van der Waals surface area contributed by atoms with E-state index in [9.17, 15) is 18.8 Å². The number of rotatable bonds is 5. The third-order valence-electron chi connectivity index (χ3n) is 6.12. The largest absolute Gasteiger partial charge is 0.341 e. The maximum atomic E-state index is 14.0. The van der Waals surface area contributed by atoms with Gasteiger partial charge in [-0.1, -0.05) is 18.2 Å². The van der Waals surface area contributed by atoms with Crippen LogP contribution < -0.4 is 5.32 Å². The lowest BCUT2D eigenvalue weighted by atomic mass is 9.88. The molecule has 0 saturated carbocycles. The number of carbonyl (C=O) groups is 3. The predicted molar refractivity (Wildman–Crippen MR) is 116 cm³/mol. The summed E-state index contributed by atoms with van der Waals surface area (Å²) < 4.78 is 14.0. The molecule has 0 aliphatic carbocycles. The Bertz CT molecular complexity index is 935. The number of piperidine rings is 1. The van der Waals surface area contributed by atoms with Gasteiger partial charge in [-0.25, -0.2) is 4.39 Å². The van der Waals surface area contributed by atoms with Crippen LogP contribution in [-0.2, 0) is 4.79 Å². The monoisotopic (exact) mass is 443 g/mol. The normalized spacial score (nSPS) is 18.1. The molecule has 2 aliphatic rings. The van der Waals surface area contributed by atoms with Crippen molar-refractivity contribution in [3.8, 4) is 0 Å². The molecule has 0 unspecified atom stereocenters. The number of amides is 3. The summed E-state index contributed by atoms with van der Waals surface area (Å²) in [5.41, 5.74) is 0.0663. The van der Waals surface area contributed by atoms with Crippen LogP contribution in [0.15, 0.2) is 41.8 Å². The minimum atomic E-state index is -0.613. The summed E-state index contributed by atoms with van der Waals surface area (Å²) in [7, 11) is 0. The first-order chi connectivity index (χ1) is 15.0. The summed E-state index contributed by atoms with van der Waals surface area (Å²) in [6.45, 7) is 2.29. The van der Waals surface area contributed by atoms with Crippen LogP contribution in [0.2, 0.25) is 0 Å². The topological polar surface area (TPSA) is 69.7 Å². The van der Waals surface area contributed by atoms with Crippen molar-refractivity contribution in [2.45, 2.75) is 31.7 Å². The number of halogens is 1. The van der Waals surface area contributed by atoms with Crippen molar-refractivity contribution >= 4 is 29.1 Å². The molecule has 0 radical (unpaired) electrons. The van der Waals surface area contributed by atoms with Crippen LogP contribution in [0.1, 0.15) is 45.7 Å². The van der Waals surface area contributed by atoms with Crippen molar-refractivity contribution < 1.29 is 18.8 Å². The Kier molecular flexibility index (Phi) is 6.65. The van der Waals surface area contributed by atoms with Gasteiger partial charge in [-0.05, 0) is 55.2 Å². The van der Waals surface area contributed by atoms with Gasteiger partial charge in [-0.15, -0.1) is 11.3 Å². The molecular weight excluding hydrogens is 417 g/mol. The lowest BCUT2D eigenvalue weighted by molar-refractivity contribution is -0.134. The highest BCUT2D eigenvalue weighted by Crippen LogP contribution is 2.25. The third-order valence-corrected chi connectivity index (χ3v) is 6.99. The zero-order chi connectivity index (χ0) is 21.8. The molecule has 31 heavy (non-hydrogen) atoms. The second kappa shape index (κ2) is 9.60. The van der Waals surface area contributed by atoms with Gasteiger partial charge in [-0.3, -0.25) is 14.4 Å². The number of likely N-dealkylation sites (tertiary alicyclic amines) is 2. The van der Waals surface area contributed by atoms with Crippen molar-refractivity contribution in [1.82, 2.24) is 15.1 Å². The van der Waals surface area contributed by atoms with Gasteiger partial charge < -0.3 is 15.1 Å². The Morgan fingerprint density at radius 3 is 2.32 bits per heavy atom. The fraction of sp³-hybridized carbons (Fsp3) is 0.435. The molecule has 2 aromatic rings. The molecule has 6 nitrogen and oxygen atoms in total. The van der Waals surface area contributed by atoms with E-state index in [0.29, 0.717) is 30.8 Å². The van der Waals surface area contributed by atoms with Gasteiger partial charge in [0.2, 0.25) is 5.91 Å². The molecule has 1 aromatic heterocycles. The second-order valence-electron chi connectivity index (χ2n) is 8.07. The number of nitrogens with one attached hydrogen (secondary N) is 1. The lowest BCUT2D eigenvalue weighted by Gasteiger charge is -2.37. The molecule has 2 fully saturated rings. The molecule has 0 spiro atoms. The average Bonchev–Trinajstić information content (AvgIpc) is 3.51. The van der Waals surface area contributed by atoms with Crippen LogP contribution in [0.3, 0.4) is 0 Å². The van der Waals surface area contributed by atoms with Crippen LogP contribution in [0.5, 0.6) is 0 Å². The number of hydrogen-bond acceptors (Lipinski definition) is 4. The van der Waals surface area contributed by atoms with Crippen LogP contribution >= 0.6 is 11.3 Å². The van der Waals surface area contributed by atoms with E-state index in [0.717, 1.165) is 25.9 Å². The molecule has 2 saturated heterocycles. The summed E-state index contributed by atoms with van der Waals surface area (Å²) in [5, 5.41) is 4.80. The van der Waals surface area contributed by atoms with E-state index in [-0.39, 0.29) is 29.2 Å². The van der Waals surface area contributed by atoms with Crippen LogP contribution in [0.25, 0.3) is 0 Å². The smallest absolute Gasteiger partial charge is 0.262 e. The van der Waals surface area contributed by atoms with Crippen molar-refractivity contribution in [3.05, 3.63) is 58.0 Å². The highest BCUT2D eigenvalue weighted by molar-refractivity contribution is 7.12. The molecular formula is C23H26FN3O3S. The first kappa shape index (κ1) is 21.5.